The summed E-state index contributed by atoms with van der Waals surface area (Å²) in [7, 11) is 2.14. The first-order chi connectivity index (χ1) is 20.1. The van der Waals surface area contributed by atoms with Gasteiger partial charge in [0.25, 0.3) is 0 Å². The third-order valence-corrected chi connectivity index (χ3v) is 8.77. The average molecular weight is 552 g/mol. The van der Waals surface area contributed by atoms with Gasteiger partial charge in [0.2, 0.25) is 5.91 Å². The molecule has 1 aromatic heterocycles. The molecule has 0 N–H and O–H groups in total. The van der Waals surface area contributed by atoms with E-state index in [0.717, 1.165) is 43.0 Å². The van der Waals surface area contributed by atoms with Gasteiger partial charge in [-0.1, -0.05) is 43.0 Å². The van der Waals surface area contributed by atoms with Crippen molar-refractivity contribution in [2.24, 2.45) is 0 Å². The number of carbonyl (C=O) groups excluding carboxylic acids is 1. The fraction of sp³-hybridized carbons (Fsp3) is 0.438. The van der Waals surface area contributed by atoms with Crippen LogP contribution in [0, 0.1) is 11.3 Å². The SMILES string of the molecule is C=CC(=O)N1CCN(c2nc(OC[C@@H]3CCCN3C)nc3c2CCN(c2cccc4ccccc24)C3)C(CC#N)C1. The summed E-state index contributed by atoms with van der Waals surface area (Å²) in [6.45, 7) is 8.36. The molecule has 2 saturated heterocycles. The molecule has 1 amide bonds. The molecular formula is C32H37N7O2. The van der Waals surface area contributed by atoms with Crippen LogP contribution in [-0.2, 0) is 17.8 Å². The first kappa shape index (κ1) is 27.0. The Morgan fingerprint density at radius 3 is 2.78 bits per heavy atom. The third-order valence-electron chi connectivity index (χ3n) is 8.77. The van der Waals surface area contributed by atoms with Gasteiger partial charge in [-0.3, -0.25) is 4.79 Å². The fourth-order valence-corrected chi connectivity index (χ4v) is 6.48. The number of hydrogen-bond donors (Lipinski definition) is 0. The van der Waals surface area contributed by atoms with Gasteiger partial charge < -0.3 is 24.3 Å². The molecular weight excluding hydrogens is 514 g/mol. The molecule has 0 spiro atoms. The van der Waals surface area contributed by atoms with E-state index < -0.39 is 0 Å². The predicted octanol–water partition coefficient (Wildman–Crippen LogP) is 3.78. The van der Waals surface area contributed by atoms with Crippen LogP contribution < -0.4 is 14.5 Å². The molecule has 9 heteroatoms. The van der Waals surface area contributed by atoms with E-state index in [9.17, 15) is 10.1 Å². The number of carbonyl (C=O) groups is 1. The van der Waals surface area contributed by atoms with Crippen molar-refractivity contribution in [1.29, 1.82) is 5.26 Å². The molecule has 3 aromatic rings. The zero-order valence-corrected chi connectivity index (χ0v) is 23.7. The van der Waals surface area contributed by atoms with E-state index in [4.69, 9.17) is 14.7 Å². The smallest absolute Gasteiger partial charge is 0.318 e. The van der Waals surface area contributed by atoms with E-state index in [1.807, 2.05) is 0 Å². The van der Waals surface area contributed by atoms with Crippen molar-refractivity contribution in [1.82, 2.24) is 19.8 Å². The number of rotatable bonds is 7. The van der Waals surface area contributed by atoms with Crippen molar-refractivity contribution < 1.29 is 9.53 Å². The molecule has 2 aromatic carbocycles. The summed E-state index contributed by atoms with van der Waals surface area (Å²) in [6, 6.07) is 17.8. The first-order valence-electron chi connectivity index (χ1n) is 14.6. The zero-order chi connectivity index (χ0) is 28.3. The molecule has 3 aliphatic heterocycles. The number of amides is 1. The van der Waals surface area contributed by atoms with E-state index in [0.29, 0.717) is 51.3 Å². The maximum atomic E-state index is 12.4. The summed E-state index contributed by atoms with van der Waals surface area (Å²) in [5, 5.41) is 12.1. The second-order valence-electron chi connectivity index (χ2n) is 11.2. The Hall–Kier alpha value is -4.16. The Morgan fingerprint density at radius 1 is 1.12 bits per heavy atom. The maximum Gasteiger partial charge on any atom is 0.318 e. The number of ether oxygens (including phenoxy) is 1. The van der Waals surface area contributed by atoms with Crippen molar-refractivity contribution in [3.05, 3.63) is 66.4 Å². The Morgan fingerprint density at radius 2 is 1.98 bits per heavy atom. The van der Waals surface area contributed by atoms with Gasteiger partial charge >= 0.3 is 6.01 Å². The highest BCUT2D eigenvalue weighted by Gasteiger charge is 2.34. The van der Waals surface area contributed by atoms with Gasteiger partial charge in [0.1, 0.15) is 12.4 Å². The Bertz CT molecular complexity index is 1480. The molecule has 3 aliphatic rings. The maximum absolute atomic E-state index is 12.4. The van der Waals surface area contributed by atoms with E-state index in [1.165, 1.54) is 29.0 Å². The number of aromatic nitrogens is 2. The number of likely N-dealkylation sites (N-methyl/N-ethyl adjacent to an activating group) is 1. The van der Waals surface area contributed by atoms with Crippen LogP contribution >= 0.6 is 0 Å². The molecule has 2 atom stereocenters. The fourth-order valence-electron chi connectivity index (χ4n) is 6.48. The van der Waals surface area contributed by atoms with Crippen molar-refractivity contribution in [3.63, 3.8) is 0 Å². The van der Waals surface area contributed by atoms with E-state index in [2.05, 4.69) is 76.9 Å². The predicted molar refractivity (Wildman–Crippen MR) is 160 cm³/mol. The van der Waals surface area contributed by atoms with Crippen LogP contribution in [0.4, 0.5) is 11.5 Å². The molecule has 6 rings (SSSR count). The molecule has 2 fully saturated rings. The van der Waals surface area contributed by atoms with Crippen LogP contribution in [0.3, 0.4) is 0 Å². The summed E-state index contributed by atoms with van der Waals surface area (Å²) >= 11 is 0. The Kier molecular flexibility index (Phi) is 7.75. The molecule has 9 nitrogen and oxygen atoms in total. The first-order valence-corrected chi connectivity index (χ1v) is 14.6. The lowest BCUT2D eigenvalue weighted by atomic mass is 10.0. The van der Waals surface area contributed by atoms with Crippen LogP contribution in [0.1, 0.15) is 30.5 Å². The number of anilines is 2. The Labute approximate surface area is 241 Å². The van der Waals surface area contributed by atoms with Crippen LogP contribution in [0.2, 0.25) is 0 Å². The van der Waals surface area contributed by atoms with Crippen LogP contribution in [0.25, 0.3) is 10.8 Å². The van der Waals surface area contributed by atoms with Gasteiger partial charge in [0.05, 0.1) is 30.8 Å². The topological polar surface area (TPSA) is 88.8 Å². The molecule has 4 heterocycles. The quantitative estimate of drug-likeness (QED) is 0.410. The molecule has 212 valence electrons. The van der Waals surface area contributed by atoms with Crippen LogP contribution in [0.15, 0.2) is 55.1 Å². The number of fused-ring (bicyclic) bond motifs is 2. The Balaban J connectivity index is 1.35. The standard InChI is InChI=1S/C32H37N7O2/c1-3-30(40)38-18-19-39(24(20-38)13-15-33)31-27-14-17-37(29-12-6-9-23-8-4-5-11-26(23)29)21-28(27)34-32(35-31)41-22-25-10-7-16-36(25)2/h3-6,8-9,11-12,24-25H,1,7,10,13-14,16-22H2,2H3/t24?,25-/m0/s1. The van der Waals surface area contributed by atoms with E-state index in [-0.39, 0.29) is 11.9 Å². The van der Waals surface area contributed by atoms with E-state index in [1.54, 1.807) is 4.90 Å². The average Bonchev–Trinajstić information content (AvgIpc) is 3.43. The molecule has 0 bridgehead atoms. The molecule has 1 unspecified atom stereocenters. The summed E-state index contributed by atoms with van der Waals surface area (Å²) in [4.78, 5) is 31.1. The van der Waals surface area contributed by atoms with Gasteiger partial charge in [0.15, 0.2) is 0 Å². The summed E-state index contributed by atoms with van der Waals surface area (Å²) in [5.41, 5.74) is 3.27. The van der Waals surface area contributed by atoms with E-state index >= 15 is 0 Å². The molecule has 41 heavy (non-hydrogen) atoms. The van der Waals surface area contributed by atoms with Gasteiger partial charge in [-0.05, 0) is 50.4 Å². The summed E-state index contributed by atoms with van der Waals surface area (Å²) in [5.74, 6) is 0.737. The van der Waals surface area contributed by atoms with Gasteiger partial charge in [-0.25, -0.2) is 0 Å². The summed E-state index contributed by atoms with van der Waals surface area (Å²) < 4.78 is 6.29. The molecule has 0 saturated carbocycles. The van der Waals surface area contributed by atoms with Crippen molar-refractivity contribution in [2.75, 3.05) is 56.2 Å². The number of nitrogens with zero attached hydrogens (tertiary/aromatic N) is 7. The normalized spacial score (nSPS) is 21.0. The number of hydrogen-bond acceptors (Lipinski definition) is 8. The minimum Gasteiger partial charge on any atom is -0.462 e. The highest BCUT2D eigenvalue weighted by atomic mass is 16.5. The van der Waals surface area contributed by atoms with Gasteiger partial charge in [-0.2, -0.15) is 15.2 Å². The monoisotopic (exact) mass is 551 g/mol. The number of nitriles is 1. The minimum atomic E-state index is -0.165. The lowest BCUT2D eigenvalue weighted by Crippen LogP contribution is -2.55. The highest BCUT2D eigenvalue weighted by molar-refractivity contribution is 5.94. The zero-order valence-electron chi connectivity index (χ0n) is 23.7. The summed E-state index contributed by atoms with van der Waals surface area (Å²) in [6.07, 6.45) is 4.70. The third kappa shape index (κ3) is 5.44. The largest absolute Gasteiger partial charge is 0.462 e. The van der Waals surface area contributed by atoms with Crippen LogP contribution in [-0.4, -0.2) is 84.1 Å². The second-order valence-corrected chi connectivity index (χ2v) is 11.2. The van der Waals surface area contributed by atoms with Crippen molar-refractivity contribution in [3.8, 4) is 12.1 Å². The van der Waals surface area contributed by atoms with Gasteiger partial charge in [0, 0.05) is 48.9 Å². The number of benzene rings is 2. The molecule has 0 radical (unpaired) electrons. The lowest BCUT2D eigenvalue weighted by Gasteiger charge is -2.42. The second kappa shape index (κ2) is 11.8. The highest BCUT2D eigenvalue weighted by Crippen LogP contribution is 2.35. The number of piperazine rings is 1. The van der Waals surface area contributed by atoms with Crippen molar-refractivity contribution >= 4 is 28.2 Å². The minimum absolute atomic E-state index is 0.104. The van der Waals surface area contributed by atoms with Crippen molar-refractivity contribution in [2.45, 2.75) is 44.3 Å². The van der Waals surface area contributed by atoms with Crippen LogP contribution in [0.5, 0.6) is 6.01 Å². The molecule has 0 aliphatic carbocycles. The van der Waals surface area contributed by atoms with Gasteiger partial charge in [-0.15, -0.1) is 0 Å². The lowest BCUT2D eigenvalue weighted by molar-refractivity contribution is -0.126. The number of likely N-dealkylation sites (tertiary alicyclic amines) is 1.